The predicted molar refractivity (Wildman–Crippen MR) is 67.8 cm³/mol. The van der Waals surface area contributed by atoms with E-state index in [1.54, 1.807) is 11.4 Å². The van der Waals surface area contributed by atoms with E-state index in [2.05, 4.69) is 0 Å². The van der Waals surface area contributed by atoms with Gasteiger partial charge in [0.05, 0.1) is 16.6 Å². The number of aromatic carboxylic acids is 1. The van der Waals surface area contributed by atoms with Crippen molar-refractivity contribution < 1.29 is 18.5 Å². The normalized spacial score (nSPS) is 12.3. The summed E-state index contributed by atoms with van der Waals surface area (Å²) in [6.07, 6.45) is 0. The lowest BCUT2D eigenvalue weighted by atomic mass is 10.3. The van der Waals surface area contributed by atoms with E-state index in [-0.39, 0.29) is 10.6 Å². The molecule has 1 aromatic heterocycles. The third-order valence-corrected chi connectivity index (χ3v) is 4.62. The Kier molecular flexibility index (Phi) is 3.88. The van der Waals surface area contributed by atoms with E-state index >= 15 is 0 Å². The van der Waals surface area contributed by atoms with Crippen LogP contribution in [0.25, 0.3) is 0 Å². The fourth-order valence-electron chi connectivity index (χ4n) is 1.45. The number of thiophene rings is 1. The average Bonchev–Trinajstić information content (AvgIpc) is 2.78. The van der Waals surface area contributed by atoms with E-state index in [1.807, 2.05) is 0 Å². The highest BCUT2D eigenvalue weighted by atomic mass is 32.2. The highest BCUT2D eigenvalue weighted by Crippen LogP contribution is 2.21. The van der Waals surface area contributed by atoms with Gasteiger partial charge in [0.2, 0.25) is 0 Å². The van der Waals surface area contributed by atoms with E-state index in [4.69, 9.17) is 5.11 Å². The number of halogens is 1. The third-order valence-electron chi connectivity index (χ3n) is 2.30. The molecule has 1 atom stereocenters. The van der Waals surface area contributed by atoms with Crippen molar-refractivity contribution in [2.24, 2.45) is 0 Å². The molecule has 3 nitrogen and oxygen atoms in total. The molecule has 1 unspecified atom stereocenters. The van der Waals surface area contributed by atoms with Crippen LogP contribution in [0.2, 0.25) is 0 Å². The minimum absolute atomic E-state index is 0.122. The molecule has 1 heterocycles. The molecule has 18 heavy (non-hydrogen) atoms. The van der Waals surface area contributed by atoms with Crippen molar-refractivity contribution in [3.63, 3.8) is 0 Å². The Bertz CT molecular complexity index is 590. The number of rotatable bonds is 4. The lowest BCUT2D eigenvalue weighted by Crippen LogP contribution is -2.01. The van der Waals surface area contributed by atoms with Gasteiger partial charge < -0.3 is 5.11 Å². The van der Waals surface area contributed by atoms with Crippen LogP contribution in [0.1, 0.15) is 15.2 Å². The van der Waals surface area contributed by atoms with Crippen LogP contribution in [0.5, 0.6) is 0 Å². The van der Waals surface area contributed by atoms with Crippen LogP contribution in [0.4, 0.5) is 4.39 Å². The van der Waals surface area contributed by atoms with Crippen LogP contribution in [-0.2, 0) is 16.6 Å². The third kappa shape index (κ3) is 2.83. The maximum atomic E-state index is 12.7. The molecule has 0 saturated carbocycles. The Morgan fingerprint density at radius 1 is 1.28 bits per heavy atom. The summed E-state index contributed by atoms with van der Waals surface area (Å²) in [6, 6.07) is 7.00. The van der Waals surface area contributed by atoms with Crippen LogP contribution in [0, 0.1) is 5.82 Å². The van der Waals surface area contributed by atoms with Gasteiger partial charge in [-0.15, -0.1) is 11.3 Å². The Labute approximate surface area is 109 Å². The molecule has 94 valence electrons. The van der Waals surface area contributed by atoms with E-state index in [1.165, 1.54) is 24.3 Å². The first-order valence-corrected chi connectivity index (χ1v) is 7.21. The molecule has 2 rings (SSSR count). The molecule has 6 heteroatoms. The van der Waals surface area contributed by atoms with Crippen molar-refractivity contribution in [3.05, 3.63) is 52.0 Å². The van der Waals surface area contributed by atoms with Crippen LogP contribution in [-0.4, -0.2) is 15.3 Å². The molecule has 0 fully saturated rings. The number of carboxylic acids is 1. The first-order chi connectivity index (χ1) is 8.58. The van der Waals surface area contributed by atoms with E-state index in [9.17, 15) is 13.4 Å². The van der Waals surface area contributed by atoms with Crippen LogP contribution in [0.3, 0.4) is 0 Å². The Morgan fingerprint density at radius 3 is 2.56 bits per heavy atom. The predicted octanol–water partition coefficient (Wildman–Crippen LogP) is 2.89. The first-order valence-electron chi connectivity index (χ1n) is 5.01. The largest absolute Gasteiger partial charge is 0.477 e. The second kappa shape index (κ2) is 5.41. The maximum Gasteiger partial charge on any atom is 0.346 e. The van der Waals surface area contributed by atoms with Crippen LogP contribution < -0.4 is 0 Å². The second-order valence-corrected chi connectivity index (χ2v) is 5.89. The monoisotopic (exact) mass is 284 g/mol. The lowest BCUT2D eigenvalue weighted by Gasteiger charge is -2.02. The summed E-state index contributed by atoms with van der Waals surface area (Å²) in [5.74, 6) is -1.29. The van der Waals surface area contributed by atoms with Gasteiger partial charge >= 0.3 is 5.97 Å². The zero-order chi connectivity index (χ0) is 13.1. The zero-order valence-corrected chi connectivity index (χ0v) is 10.8. The molecule has 0 amide bonds. The van der Waals surface area contributed by atoms with Crippen molar-refractivity contribution in [2.75, 3.05) is 0 Å². The quantitative estimate of drug-likeness (QED) is 0.939. The van der Waals surface area contributed by atoms with Crippen molar-refractivity contribution in [1.82, 2.24) is 0 Å². The smallest absolute Gasteiger partial charge is 0.346 e. The number of benzene rings is 1. The van der Waals surface area contributed by atoms with Gasteiger partial charge in [0.1, 0.15) is 10.7 Å². The minimum Gasteiger partial charge on any atom is -0.477 e. The van der Waals surface area contributed by atoms with E-state index in [0.717, 1.165) is 11.3 Å². The van der Waals surface area contributed by atoms with E-state index < -0.39 is 22.6 Å². The van der Waals surface area contributed by atoms with Gasteiger partial charge in [-0.1, -0.05) is 0 Å². The van der Waals surface area contributed by atoms with E-state index in [0.29, 0.717) is 10.5 Å². The molecule has 0 saturated heterocycles. The molecule has 2 aromatic rings. The van der Waals surface area contributed by atoms with Crippen molar-refractivity contribution in [1.29, 1.82) is 0 Å². The van der Waals surface area contributed by atoms with Gasteiger partial charge in [0.25, 0.3) is 0 Å². The molecular weight excluding hydrogens is 275 g/mol. The minimum atomic E-state index is -1.37. The Balaban J connectivity index is 2.19. The summed E-state index contributed by atoms with van der Waals surface area (Å²) in [4.78, 5) is 11.6. The van der Waals surface area contributed by atoms with Crippen molar-refractivity contribution in [2.45, 2.75) is 10.6 Å². The topological polar surface area (TPSA) is 54.4 Å². The molecule has 0 bridgehead atoms. The zero-order valence-electron chi connectivity index (χ0n) is 9.13. The lowest BCUT2D eigenvalue weighted by molar-refractivity contribution is 0.0701. The summed E-state index contributed by atoms with van der Waals surface area (Å²) in [5, 5.41) is 10.6. The van der Waals surface area contributed by atoms with Crippen LogP contribution >= 0.6 is 11.3 Å². The molecular formula is C12H9FO3S2. The number of hydrogen-bond acceptors (Lipinski definition) is 3. The summed E-state index contributed by atoms with van der Waals surface area (Å²) in [7, 11) is -1.37. The Hall–Kier alpha value is -1.53. The van der Waals surface area contributed by atoms with Gasteiger partial charge in [0.15, 0.2) is 0 Å². The number of hydrogen-bond donors (Lipinski definition) is 1. The highest BCUT2D eigenvalue weighted by Gasteiger charge is 2.14. The maximum absolute atomic E-state index is 12.7. The van der Waals surface area contributed by atoms with Crippen molar-refractivity contribution >= 4 is 28.1 Å². The van der Waals surface area contributed by atoms with Crippen LogP contribution in [0.15, 0.2) is 40.6 Å². The van der Waals surface area contributed by atoms with Gasteiger partial charge in [-0.25, -0.2) is 9.18 Å². The summed E-state index contributed by atoms with van der Waals surface area (Å²) in [6.45, 7) is 0. The molecule has 1 N–H and O–H groups in total. The second-order valence-electron chi connectivity index (χ2n) is 3.52. The SMILES string of the molecule is O=C(O)c1sccc1CS(=O)c1ccc(F)cc1. The molecule has 0 spiro atoms. The average molecular weight is 284 g/mol. The first kappa shape index (κ1) is 12.9. The van der Waals surface area contributed by atoms with Gasteiger partial charge in [0, 0.05) is 4.90 Å². The van der Waals surface area contributed by atoms with Crippen molar-refractivity contribution in [3.8, 4) is 0 Å². The highest BCUT2D eigenvalue weighted by molar-refractivity contribution is 7.84. The molecule has 1 aromatic carbocycles. The fourth-order valence-corrected chi connectivity index (χ4v) is 3.43. The number of carboxylic acid groups (broad SMARTS) is 1. The molecule has 0 radical (unpaired) electrons. The molecule has 0 aliphatic carbocycles. The summed E-state index contributed by atoms with van der Waals surface area (Å²) < 4.78 is 24.7. The molecule has 0 aliphatic rings. The Morgan fingerprint density at radius 2 is 1.94 bits per heavy atom. The van der Waals surface area contributed by atoms with Gasteiger partial charge in [-0.05, 0) is 41.3 Å². The van der Waals surface area contributed by atoms with Gasteiger partial charge in [-0.3, -0.25) is 4.21 Å². The summed E-state index contributed by atoms with van der Waals surface area (Å²) in [5.41, 5.74) is 0.537. The fraction of sp³-hybridized carbons (Fsp3) is 0.0833. The standard InChI is InChI=1S/C12H9FO3S2/c13-9-1-3-10(4-2-9)18(16)7-8-5-6-17-11(8)12(14)15/h1-6H,7H2,(H,14,15). The molecule has 0 aliphatic heterocycles. The summed E-state index contributed by atoms with van der Waals surface area (Å²) >= 11 is 1.10. The van der Waals surface area contributed by atoms with Gasteiger partial charge in [-0.2, -0.15) is 0 Å². The number of carbonyl (C=O) groups is 1.